The number of nitrogens with one attached hydrogen (secondary N) is 1. The van der Waals surface area contributed by atoms with Crippen molar-refractivity contribution in [2.24, 2.45) is 5.92 Å². The van der Waals surface area contributed by atoms with Crippen molar-refractivity contribution in [3.63, 3.8) is 0 Å². The van der Waals surface area contributed by atoms with Gasteiger partial charge < -0.3 is 10.2 Å². The highest BCUT2D eigenvalue weighted by atomic mass is 19.4. The minimum absolute atomic E-state index is 0.0124. The molecule has 2 aromatic rings. The quantitative estimate of drug-likeness (QED) is 0.839. The van der Waals surface area contributed by atoms with Gasteiger partial charge in [0, 0.05) is 49.1 Å². The van der Waals surface area contributed by atoms with E-state index in [1.165, 1.54) is 12.4 Å². The number of rotatable bonds is 4. The number of aromatic nitrogens is 3. The number of halogens is 3. The number of carbonyl (C=O) groups is 1. The summed E-state index contributed by atoms with van der Waals surface area (Å²) < 4.78 is 40.0. The summed E-state index contributed by atoms with van der Waals surface area (Å²) in [5.41, 5.74) is -0.544. The van der Waals surface area contributed by atoms with Crippen molar-refractivity contribution in [2.75, 3.05) is 18.4 Å². The minimum atomic E-state index is -4.58. The van der Waals surface area contributed by atoms with Crippen LogP contribution in [-0.2, 0) is 11.0 Å². The van der Waals surface area contributed by atoms with E-state index in [4.69, 9.17) is 0 Å². The lowest BCUT2D eigenvalue weighted by molar-refractivity contribution is -0.141. The highest BCUT2D eigenvalue weighted by Gasteiger charge is 2.35. The van der Waals surface area contributed by atoms with Gasteiger partial charge in [0.1, 0.15) is 5.82 Å². The van der Waals surface area contributed by atoms with Gasteiger partial charge in [-0.1, -0.05) is 12.8 Å². The molecule has 1 N–H and O–H groups in total. The molecule has 3 heterocycles. The predicted octanol–water partition coefficient (Wildman–Crippen LogP) is 3.76. The van der Waals surface area contributed by atoms with Crippen molar-refractivity contribution in [3.05, 3.63) is 36.3 Å². The molecular weight excluding hydrogens is 383 g/mol. The number of hydrogen-bond acceptors (Lipinski definition) is 5. The van der Waals surface area contributed by atoms with Crippen LogP contribution < -0.4 is 5.32 Å². The second kappa shape index (κ2) is 7.96. The first-order valence-corrected chi connectivity index (χ1v) is 9.82. The van der Waals surface area contributed by atoms with Crippen LogP contribution in [0.4, 0.5) is 19.0 Å². The Balaban J connectivity index is 1.51. The number of likely N-dealkylation sites (tertiary alicyclic amines) is 1. The monoisotopic (exact) mass is 405 g/mol. The molecule has 1 saturated heterocycles. The SMILES string of the molecule is O=C(C1CCCC1)N1CCC(Nc2cc(C(F)(F)F)nc(-c3ccncc3)n2)C1. The van der Waals surface area contributed by atoms with Crippen LogP contribution in [0.3, 0.4) is 0 Å². The molecule has 1 amide bonds. The van der Waals surface area contributed by atoms with E-state index in [9.17, 15) is 18.0 Å². The predicted molar refractivity (Wildman–Crippen MR) is 101 cm³/mol. The molecule has 0 radical (unpaired) electrons. The van der Waals surface area contributed by atoms with Crippen LogP contribution in [0.2, 0.25) is 0 Å². The molecule has 1 atom stereocenters. The van der Waals surface area contributed by atoms with E-state index in [2.05, 4.69) is 20.3 Å². The van der Waals surface area contributed by atoms with Gasteiger partial charge in [-0.3, -0.25) is 9.78 Å². The fourth-order valence-electron chi connectivity index (χ4n) is 4.01. The Morgan fingerprint density at radius 3 is 2.52 bits per heavy atom. The summed E-state index contributed by atoms with van der Waals surface area (Å²) in [6.07, 6.45) is 3.10. The normalized spacial score (nSPS) is 20.2. The van der Waals surface area contributed by atoms with Gasteiger partial charge in [-0.2, -0.15) is 13.2 Å². The van der Waals surface area contributed by atoms with Gasteiger partial charge in [0.05, 0.1) is 0 Å². The Morgan fingerprint density at radius 2 is 1.83 bits per heavy atom. The summed E-state index contributed by atoms with van der Waals surface area (Å²) in [5.74, 6) is 0.367. The zero-order valence-electron chi connectivity index (χ0n) is 15.8. The van der Waals surface area contributed by atoms with Crippen molar-refractivity contribution in [2.45, 2.75) is 44.3 Å². The van der Waals surface area contributed by atoms with E-state index in [1.807, 2.05) is 4.90 Å². The van der Waals surface area contributed by atoms with Gasteiger partial charge >= 0.3 is 6.18 Å². The topological polar surface area (TPSA) is 71.0 Å². The first kappa shape index (κ1) is 19.6. The molecule has 1 aliphatic heterocycles. The van der Waals surface area contributed by atoms with Crippen molar-refractivity contribution >= 4 is 11.7 Å². The van der Waals surface area contributed by atoms with Crippen molar-refractivity contribution < 1.29 is 18.0 Å². The average Bonchev–Trinajstić information content (AvgIpc) is 3.39. The fraction of sp³-hybridized carbons (Fsp3) is 0.500. The molecule has 6 nitrogen and oxygen atoms in total. The number of nitrogens with zero attached hydrogens (tertiary/aromatic N) is 4. The summed E-state index contributed by atoms with van der Waals surface area (Å²) in [4.78, 5) is 26.2. The molecule has 2 aromatic heterocycles. The van der Waals surface area contributed by atoms with Crippen LogP contribution in [0.15, 0.2) is 30.6 Å². The van der Waals surface area contributed by atoms with Gasteiger partial charge in [-0.15, -0.1) is 0 Å². The number of alkyl halides is 3. The minimum Gasteiger partial charge on any atom is -0.365 e. The zero-order valence-corrected chi connectivity index (χ0v) is 15.8. The summed E-state index contributed by atoms with van der Waals surface area (Å²) in [6.45, 7) is 1.09. The van der Waals surface area contributed by atoms with Crippen LogP contribution >= 0.6 is 0 Å². The molecule has 0 bridgehead atoms. The van der Waals surface area contributed by atoms with Gasteiger partial charge in [0.2, 0.25) is 5.91 Å². The molecule has 1 aliphatic carbocycles. The van der Waals surface area contributed by atoms with Gasteiger partial charge in [0.25, 0.3) is 0 Å². The molecule has 4 rings (SSSR count). The maximum Gasteiger partial charge on any atom is 0.433 e. The Labute approximate surface area is 166 Å². The highest BCUT2D eigenvalue weighted by molar-refractivity contribution is 5.79. The van der Waals surface area contributed by atoms with Crippen LogP contribution in [-0.4, -0.2) is 44.9 Å². The summed E-state index contributed by atoms with van der Waals surface area (Å²) in [7, 11) is 0. The number of carbonyl (C=O) groups excluding carboxylic acids is 1. The molecule has 1 saturated carbocycles. The molecule has 0 spiro atoms. The van der Waals surface area contributed by atoms with Crippen LogP contribution in [0.5, 0.6) is 0 Å². The van der Waals surface area contributed by atoms with Crippen molar-refractivity contribution in [1.82, 2.24) is 19.9 Å². The van der Waals surface area contributed by atoms with Crippen molar-refractivity contribution in [1.29, 1.82) is 0 Å². The van der Waals surface area contributed by atoms with Crippen molar-refractivity contribution in [3.8, 4) is 11.4 Å². The molecule has 9 heteroatoms. The summed E-state index contributed by atoms with van der Waals surface area (Å²) in [6, 6.07) is 3.92. The van der Waals surface area contributed by atoms with Crippen LogP contribution in [0, 0.1) is 5.92 Å². The van der Waals surface area contributed by atoms with Gasteiger partial charge in [0.15, 0.2) is 11.5 Å². The maximum absolute atomic E-state index is 13.3. The van der Waals surface area contributed by atoms with E-state index >= 15 is 0 Å². The first-order valence-electron chi connectivity index (χ1n) is 9.82. The highest BCUT2D eigenvalue weighted by Crippen LogP contribution is 2.32. The second-order valence-corrected chi connectivity index (χ2v) is 7.59. The molecular formula is C20H22F3N5O. The second-order valence-electron chi connectivity index (χ2n) is 7.59. The van der Waals surface area contributed by atoms with E-state index in [-0.39, 0.29) is 29.5 Å². The molecule has 154 valence electrons. The van der Waals surface area contributed by atoms with E-state index in [0.717, 1.165) is 31.7 Å². The largest absolute Gasteiger partial charge is 0.433 e. The molecule has 1 unspecified atom stereocenters. The Bertz CT molecular complexity index is 868. The number of anilines is 1. The number of hydrogen-bond donors (Lipinski definition) is 1. The Morgan fingerprint density at radius 1 is 1.10 bits per heavy atom. The summed E-state index contributed by atoms with van der Waals surface area (Å²) in [5, 5.41) is 3.08. The third-order valence-electron chi connectivity index (χ3n) is 5.51. The average molecular weight is 405 g/mol. The van der Waals surface area contributed by atoms with E-state index < -0.39 is 11.9 Å². The third-order valence-corrected chi connectivity index (χ3v) is 5.51. The number of pyridine rings is 1. The van der Waals surface area contributed by atoms with Crippen LogP contribution in [0.25, 0.3) is 11.4 Å². The lowest BCUT2D eigenvalue weighted by atomic mass is 10.1. The molecule has 2 fully saturated rings. The lowest BCUT2D eigenvalue weighted by Crippen LogP contribution is -2.35. The smallest absolute Gasteiger partial charge is 0.365 e. The van der Waals surface area contributed by atoms with Gasteiger partial charge in [-0.25, -0.2) is 9.97 Å². The zero-order chi connectivity index (χ0) is 20.4. The van der Waals surface area contributed by atoms with Crippen LogP contribution in [0.1, 0.15) is 37.8 Å². The fourth-order valence-corrected chi connectivity index (χ4v) is 4.01. The third kappa shape index (κ3) is 4.49. The summed E-state index contributed by atoms with van der Waals surface area (Å²) >= 11 is 0. The lowest BCUT2D eigenvalue weighted by Gasteiger charge is -2.21. The first-order chi connectivity index (χ1) is 13.9. The number of amides is 1. The van der Waals surface area contributed by atoms with Gasteiger partial charge in [-0.05, 0) is 31.4 Å². The Kier molecular flexibility index (Phi) is 5.38. The standard InChI is InChI=1S/C20H22F3N5O/c21-20(22,23)16-11-17(27-18(26-16)13-5-8-24-9-6-13)25-15-7-10-28(12-15)19(29)14-3-1-2-4-14/h5-6,8-9,11,14-15H,1-4,7,10,12H2,(H,25,26,27). The maximum atomic E-state index is 13.3. The van der Waals surface area contributed by atoms with E-state index in [1.54, 1.807) is 12.1 Å². The molecule has 29 heavy (non-hydrogen) atoms. The van der Waals surface area contributed by atoms with E-state index in [0.29, 0.717) is 25.1 Å². The molecule has 0 aromatic carbocycles. The Hall–Kier alpha value is -2.71. The molecule has 2 aliphatic rings.